The van der Waals surface area contributed by atoms with Crippen LogP contribution in [0.2, 0.25) is 0 Å². The summed E-state index contributed by atoms with van der Waals surface area (Å²) in [6.45, 7) is 0. The molecule has 1 saturated carbocycles. The average molecular weight is 480 g/mol. The highest BCUT2D eigenvalue weighted by Gasteiger charge is 2.46. The van der Waals surface area contributed by atoms with Crippen LogP contribution in [0.1, 0.15) is 24.2 Å². The number of pyridine rings is 2. The summed E-state index contributed by atoms with van der Waals surface area (Å²) in [5.74, 6) is -1.35. The van der Waals surface area contributed by atoms with Gasteiger partial charge in [0.15, 0.2) is 5.82 Å². The van der Waals surface area contributed by atoms with Gasteiger partial charge in [-0.25, -0.2) is 18.2 Å². The smallest absolute Gasteiger partial charge is 0.324 e. The van der Waals surface area contributed by atoms with Crippen LogP contribution < -0.4 is 10.6 Å². The van der Waals surface area contributed by atoms with Crippen LogP contribution in [0.4, 0.5) is 43.9 Å². The fourth-order valence-electron chi connectivity index (χ4n) is 2.96. The summed E-state index contributed by atoms with van der Waals surface area (Å²) in [6.07, 6.45) is -8.30. The molecule has 1 unspecified atom stereocenters. The van der Waals surface area contributed by atoms with Gasteiger partial charge in [0.2, 0.25) is 18.2 Å². The van der Waals surface area contributed by atoms with E-state index in [1.54, 1.807) is 11.4 Å². The molecular formula is C20H14F6N8. The van der Waals surface area contributed by atoms with Crippen molar-refractivity contribution in [1.29, 1.82) is 5.26 Å². The Morgan fingerprint density at radius 3 is 2.38 bits per heavy atom. The zero-order valence-electron chi connectivity index (χ0n) is 17.0. The van der Waals surface area contributed by atoms with Crippen molar-refractivity contribution in [1.82, 2.24) is 24.9 Å². The molecule has 0 spiro atoms. The van der Waals surface area contributed by atoms with E-state index in [-0.39, 0.29) is 11.6 Å². The maximum absolute atomic E-state index is 13.6. The van der Waals surface area contributed by atoms with Crippen LogP contribution in [0.25, 0.3) is 11.5 Å². The van der Waals surface area contributed by atoms with E-state index in [9.17, 15) is 31.6 Å². The molecule has 2 N–H and O–H groups in total. The topological polar surface area (TPSA) is 112 Å². The zero-order valence-corrected chi connectivity index (χ0v) is 17.0. The number of aromatic nitrogens is 5. The molecule has 1 aliphatic carbocycles. The number of anilines is 3. The number of hydrogen-bond acceptors (Lipinski definition) is 8. The summed E-state index contributed by atoms with van der Waals surface area (Å²) in [7, 11) is 0. The van der Waals surface area contributed by atoms with Gasteiger partial charge in [0.25, 0.3) is 6.43 Å². The largest absolute Gasteiger partial charge is 0.433 e. The minimum absolute atomic E-state index is 0.285. The summed E-state index contributed by atoms with van der Waals surface area (Å²) in [6, 6.07) is 8.24. The lowest BCUT2D eigenvalue weighted by atomic mass is 10.0. The molecule has 4 rings (SSSR count). The maximum Gasteiger partial charge on any atom is 0.433 e. The molecule has 34 heavy (non-hydrogen) atoms. The molecule has 3 aromatic rings. The van der Waals surface area contributed by atoms with E-state index in [2.05, 4.69) is 36.3 Å². The monoisotopic (exact) mass is 480 g/mol. The molecule has 0 bridgehead atoms. The van der Waals surface area contributed by atoms with Gasteiger partial charge in [-0.05, 0) is 37.1 Å². The fraction of sp³-hybridized carbons (Fsp3) is 0.300. The molecule has 176 valence electrons. The lowest BCUT2D eigenvalue weighted by Gasteiger charge is -2.13. The minimum Gasteiger partial charge on any atom is -0.324 e. The van der Waals surface area contributed by atoms with Crippen LogP contribution in [-0.4, -0.2) is 37.6 Å². The number of nitrogens with one attached hydrogen (secondary N) is 2. The quantitative estimate of drug-likeness (QED) is 0.372. The first-order chi connectivity index (χ1) is 16.1. The van der Waals surface area contributed by atoms with Crippen molar-refractivity contribution in [3.8, 4) is 17.6 Å². The lowest BCUT2D eigenvalue weighted by Crippen LogP contribution is -2.24. The van der Waals surface area contributed by atoms with Gasteiger partial charge in [-0.2, -0.15) is 33.4 Å². The lowest BCUT2D eigenvalue weighted by molar-refractivity contribution is -0.141. The second-order valence-electron chi connectivity index (χ2n) is 7.34. The minimum atomic E-state index is -4.75. The van der Waals surface area contributed by atoms with Crippen LogP contribution in [0, 0.1) is 11.3 Å². The average Bonchev–Trinajstić information content (AvgIpc) is 3.60. The standard InChI is InChI=1S/C20H14F6N8/c21-14(22)15(23)31-18-33-16(11-2-1-3-12(30-11)20(24,25)26)32-17(34-18)29-10-4-7-28-13(8-10)19(9-27)5-6-19/h1-4,7-8,14-15H,5-6H2,(H2,28,29,31,32,33,34). The van der Waals surface area contributed by atoms with Gasteiger partial charge in [0, 0.05) is 11.9 Å². The first-order valence-electron chi connectivity index (χ1n) is 9.74. The molecule has 3 aromatic heterocycles. The van der Waals surface area contributed by atoms with E-state index in [0.717, 1.165) is 12.1 Å². The molecule has 0 aliphatic heterocycles. The Hall–Kier alpha value is -4.02. The highest BCUT2D eigenvalue weighted by atomic mass is 19.4. The second-order valence-corrected chi connectivity index (χ2v) is 7.34. The summed E-state index contributed by atoms with van der Waals surface area (Å²) in [4.78, 5) is 19.2. The Morgan fingerprint density at radius 1 is 1.00 bits per heavy atom. The maximum atomic E-state index is 13.6. The van der Waals surface area contributed by atoms with Crippen molar-refractivity contribution in [3.63, 3.8) is 0 Å². The molecule has 0 saturated heterocycles. The predicted molar refractivity (Wildman–Crippen MR) is 107 cm³/mol. The van der Waals surface area contributed by atoms with Gasteiger partial charge in [-0.15, -0.1) is 0 Å². The van der Waals surface area contributed by atoms with Gasteiger partial charge < -0.3 is 10.6 Å². The van der Waals surface area contributed by atoms with E-state index in [4.69, 9.17) is 0 Å². The van der Waals surface area contributed by atoms with Gasteiger partial charge in [0.1, 0.15) is 11.4 Å². The van der Waals surface area contributed by atoms with Gasteiger partial charge >= 0.3 is 6.18 Å². The summed E-state index contributed by atoms with van der Waals surface area (Å²) in [5, 5.41) is 13.9. The van der Waals surface area contributed by atoms with Crippen LogP contribution in [0.3, 0.4) is 0 Å². The van der Waals surface area contributed by atoms with Crippen LogP contribution in [0.5, 0.6) is 0 Å². The molecule has 1 atom stereocenters. The van der Waals surface area contributed by atoms with E-state index < -0.39 is 41.8 Å². The predicted octanol–water partition coefficient (Wildman–Crippen LogP) is 4.62. The highest BCUT2D eigenvalue weighted by Crippen LogP contribution is 2.47. The summed E-state index contributed by atoms with van der Waals surface area (Å²) >= 11 is 0. The zero-order chi connectivity index (χ0) is 24.5. The number of alkyl halides is 6. The van der Waals surface area contributed by atoms with Crippen molar-refractivity contribution in [2.24, 2.45) is 0 Å². The van der Waals surface area contributed by atoms with Crippen LogP contribution in [0.15, 0.2) is 36.5 Å². The van der Waals surface area contributed by atoms with Crippen molar-refractivity contribution in [2.75, 3.05) is 10.6 Å². The van der Waals surface area contributed by atoms with E-state index in [1.165, 1.54) is 18.3 Å². The van der Waals surface area contributed by atoms with Crippen molar-refractivity contribution in [3.05, 3.63) is 47.9 Å². The number of rotatable bonds is 7. The van der Waals surface area contributed by atoms with E-state index >= 15 is 0 Å². The third kappa shape index (κ3) is 4.98. The fourth-order valence-corrected chi connectivity index (χ4v) is 2.96. The molecule has 1 aliphatic rings. The van der Waals surface area contributed by atoms with Crippen LogP contribution >= 0.6 is 0 Å². The molecule has 14 heteroatoms. The number of nitriles is 1. The third-order valence-corrected chi connectivity index (χ3v) is 4.86. The molecule has 1 fully saturated rings. The van der Waals surface area contributed by atoms with Crippen molar-refractivity contribution in [2.45, 2.75) is 37.2 Å². The first-order valence-corrected chi connectivity index (χ1v) is 9.74. The van der Waals surface area contributed by atoms with Gasteiger partial charge in [-0.1, -0.05) is 6.07 Å². The van der Waals surface area contributed by atoms with Crippen molar-refractivity contribution < 1.29 is 26.3 Å². The summed E-state index contributed by atoms with van der Waals surface area (Å²) < 4.78 is 78.1. The van der Waals surface area contributed by atoms with E-state index in [0.29, 0.717) is 24.2 Å². The molecule has 0 radical (unpaired) electrons. The number of nitrogens with zero attached hydrogens (tertiary/aromatic N) is 6. The Balaban J connectivity index is 1.71. The third-order valence-electron chi connectivity index (χ3n) is 4.86. The van der Waals surface area contributed by atoms with E-state index in [1.807, 2.05) is 0 Å². The van der Waals surface area contributed by atoms with Crippen LogP contribution in [-0.2, 0) is 11.6 Å². The molecular weight excluding hydrogens is 466 g/mol. The second kappa shape index (κ2) is 8.73. The highest BCUT2D eigenvalue weighted by molar-refractivity contribution is 5.59. The summed E-state index contributed by atoms with van der Waals surface area (Å²) in [5.41, 5.74) is -1.41. The molecule has 0 amide bonds. The Labute approximate surface area is 188 Å². The van der Waals surface area contributed by atoms with Gasteiger partial charge in [-0.3, -0.25) is 4.98 Å². The Kier molecular flexibility index (Phi) is 5.94. The first kappa shape index (κ1) is 23.1. The number of halogens is 6. The number of hydrogen-bond donors (Lipinski definition) is 2. The molecule has 0 aromatic carbocycles. The normalized spacial score (nSPS) is 15.5. The Bertz CT molecular complexity index is 1240. The molecule has 8 nitrogen and oxygen atoms in total. The molecule has 3 heterocycles. The van der Waals surface area contributed by atoms with Crippen molar-refractivity contribution >= 4 is 17.6 Å². The van der Waals surface area contributed by atoms with Gasteiger partial charge in [0.05, 0.1) is 17.2 Å². The SMILES string of the molecule is N#CC1(c2cc(Nc3nc(NC(F)C(F)F)nc(-c4cccc(C(F)(F)F)n4)n3)ccn2)CC1. The Morgan fingerprint density at radius 2 is 1.74 bits per heavy atom.